The molecule has 0 spiro atoms. The second-order valence-electron chi connectivity index (χ2n) is 11.1. The molecular weight excluding hydrogens is 478 g/mol. The molecule has 0 amide bonds. The first-order chi connectivity index (χ1) is 19.1. The van der Waals surface area contributed by atoms with Gasteiger partial charge in [-0.05, 0) is 52.6 Å². The van der Waals surface area contributed by atoms with Crippen LogP contribution < -0.4 is 4.74 Å². The van der Waals surface area contributed by atoms with E-state index in [-0.39, 0.29) is 5.41 Å². The summed E-state index contributed by atoms with van der Waals surface area (Å²) in [5, 5.41) is 3.35. The summed E-state index contributed by atoms with van der Waals surface area (Å²) in [4.78, 5) is 10.2. The van der Waals surface area contributed by atoms with Crippen LogP contribution in [0, 0.1) is 0 Å². The first kappa shape index (κ1) is 21.0. The van der Waals surface area contributed by atoms with E-state index >= 15 is 0 Å². The molecule has 2 aromatic heterocycles. The number of aromatic nitrogens is 3. The quantitative estimate of drug-likeness (QED) is 0.226. The molecule has 0 fully saturated rings. The number of nitrogens with zero attached hydrogens (tertiary/aromatic N) is 3. The van der Waals surface area contributed by atoms with Gasteiger partial charge in [-0.3, -0.25) is 4.57 Å². The van der Waals surface area contributed by atoms with Crippen molar-refractivity contribution in [3.8, 4) is 39.8 Å². The molecule has 0 atom stereocenters. The Morgan fingerprint density at radius 1 is 0.615 bits per heavy atom. The Morgan fingerprint density at radius 2 is 1.38 bits per heavy atom. The fraction of sp³-hybridized carbons (Fsp3) is 0.0857. The Morgan fingerprint density at radius 3 is 2.31 bits per heavy atom. The summed E-state index contributed by atoms with van der Waals surface area (Å²) in [6.45, 7) is 4.64. The molecule has 9 rings (SSSR count). The number of hydrogen-bond acceptors (Lipinski definition) is 3. The minimum absolute atomic E-state index is 0.0979. The van der Waals surface area contributed by atoms with Gasteiger partial charge in [0.1, 0.15) is 5.75 Å². The average molecular weight is 502 g/mol. The Balaban J connectivity index is 1.37. The molecule has 0 saturated heterocycles. The van der Waals surface area contributed by atoms with Gasteiger partial charge in [0.25, 0.3) is 0 Å². The van der Waals surface area contributed by atoms with Gasteiger partial charge in [0.05, 0.1) is 21.9 Å². The van der Waals surface area contributed by atoms with Crippen LogP contribution >= 0.6 is 0 Å². The Kier molecular flexibility index (Phi) is 3.84. The zero-order valence-electron chi connectivity index (χ0n) is 21.6. The van der Waals surface area contributed by atoms with Crippen molar-refractivity contribution in [3.05, 3.63) is 114 Å². The highest BCUT2D eigenvalue weighted by Crippen LogP contribution is 2.51. The lowest BCUT2D eigenvalue weighted by Crippen LogP contribution is -2.15. The summed E-state index contributed by atoms with van der Waals surface area (Å²) in [7, 11) is 0. The first-order valence-corrected chi connectivity index (χ1v) is 13.4. The molecule has 0 saturated carbocycles. The van der Waals surface area contributed by atoms with Gasteiger partial charge in [0.15, 0.2) is 0 Å². The summed E-state index contributed by atoms with van der Waals surface area (Å²) in [6.07, 6.45) is 0. The van der Waals surface area contributed by atoms with Gasteiger partial charge in [-0.1, -0.05) is 86.6 Å². The van der Waals surface area contributed by atoms with E-state index in [2.05, 4.69) is 103 Å². The molecule has 4 heteroatoms. The number of fused-ring (bicyclic) bond motifs is 8. The van der Waals surface area contributed by atoms with Crippen molar-refractivity contribution in [2.45, 2.75) is 19.3 Å². The molecule has 0 bridgehead atoms. The van der Waals surface area contributed by atoms with Crippen molar-refractivity contribution in [3.63, 3.8) is 0 Å². The van der Waals surface area contributed by atoms with E-state index in [1.165, 1.54) is 33.0 Å². The number of ether oxygens (including phenoxy) is 1. The molecule has 0 unspecified atom stereocenters. The van der Waals surface area contributed by atoms with Crippen LogP contribution in [0.3, 0.4) is 0 Å². The average Bonchev–Trinajstić information content (AvgIpc) is 3.41. The highest BCUT2D eigenvalue weighted by Gasteiger charge is 2.36. The summed E-state index contributed by atoms with van der Waals surface area (Å²) in [5.41, 5.74) is 10.5. The Labute approximate surface area is 225 Å². The molecule has 39 heavy (non-hydrogen) atoms. The van der Waals surface area contributed by atoms with Gasteiger partial charge in [0.2, 0.25) is 11.8 Å². The van der Waals surface area contributed by atoms with Gasteiger partial charge in [-0.15, -0.1) is 0 Å². The van der Waals surface area contributed by atoms with Crippen molar-refractivity contribution in [2.75, 3.05) is 0 Å². The normalized spacial score (nSPS) is 14.3. The monoisotopic (exact) mass is 501 g/mol. The van der Waals surface area contributed by atoms with Gasteiger partial charge in [-0.25, -0.2) is 4.98 Å². The molecule has 1 aliphatic heterocycles. The third-order valence-corrected chi connectivity index (χ3v) is 8.64. The van der Waals surface area contributed by atoms with Crippen LogP contribution in [0.2, 0.25) is 0 Å². The lowest BCUT2D eigenvalue weighted by molar-refractivity contribution is 0.466. The van der Waals surface area contributed by atoms with Gasteiger partial charge in [-0.2, -0.15) is 4.98 Å². The molecule has 3 heterocycles. The lowest BCUT2D eigenvalue weighted by atomic mass is 9.82. The molecular formula is C35H23N3O. The molecule has 7 aromatic rings. The van der Waals surface area contributed by atoms with E-state index in [9.17, 15) is 0 Å². The standard InChI is InChI=1S/C35H23N3O/c1-35(2)26-14-6-3-10-20(26)24-18-25-21-11-4-7-16-29(21)38(30(25)19-27(24)35)34-36-28-15-9-13-23-22-12-5-8-17-31(22)39-33(37-34)32(23)28/h3-19H,1-2H3. The molecule has 4 nitrogen and oxygen atoms in total. The Hall–Kier alpha value is -4.96. The Bertz CT molecular complexity index is 2190. The third-order valence-electron chi connectivity index (χ3n) is 8.64. The third kappa shape index (κ3) is 2.63. The second-order valence-corrected chi connectivity index (χ2v) is 11.1. The van der Waals surface area contributed by atoms with Crippen LogP contribution in [0.4, 0.5) is 0 Å². The molecule has 184 valence electrons. The van der Waals surface area contributed by atoms with E-state index in [0.29, 0.717) is 11.8 Å². The maximum atomic E-state index is 6.40. The molecule has 1 aliphatic carbocycles. The van der Waals surface area contributed by atoms with E-state index in [4.69, 9.17) is 14.7 Å². The summed E-state index contributed by atoms with van der Waals surface area (Å²) < 4.78 is 8.60. The van der Waals surface area contributed by atoms with Crippen molar-refractivity contribution in [1.82, 2.24) is 14.5 Å². The first-order valence-electron chi connectivity index (χ1n) is 13.4. The van der Waals surface area contributed by atoms with E-state index in [1.807, 2.05) is 18.2 Å². The summed E-state index contributed by atoms with van der Waals surface area (Å²) >= 11 is 0. The fourth-order valence-electron chi connectivity index (χ4n) is 6.80. The van der Waals surface area contributed by atoms with Crippen LogP contribution in [0.15, 0.2) is 103 Å². The zero-order chi connectivity index (χ0) is 25.9. The van der Waals surface area contributed by atoms with Crippen molar-refractivity contribution < 1.29 is 4.74 Å². The van der Waals surface area contributed by atoms with E-state index < -0.39 is 0 Å². The zero-order valence-corrected chi connectivity index (χ0v) is 21.6. The predicted octanol–water partition coefficient (Wildman–Crippen LogP) is 8.81. The maximum absolute atomic E-state index is 6.40. The van der Waals surface area contributed by atoms with Gasteiger partial charge >= 0.3 is 0 Å². The van der Waals surface area contributed by atoms with Crippen molar-refractivity contribution in [1.29, 1.82) is 0 Å². The largest absolute Gasteiger partial charge is 0.438 e. The number of rotatable bonds is 1. The summed E-state index contributed by atoms with van der Waals surface area (Å²) in [5.74, 6) is 2.04. The van der Waals surface area contributed by atoms with E-state index in [0.717, 1.165) is 38.8 Å². The minimum Gasteiger partial charge on any atom is -0.438 e. The SMILES string of the molecule is CC1(C)c2ccccc2-c2cc3c4ccccc4n(-c4nc5c6c(cccc6n4)-c4ccccc4O5)c3cc21. The molecule has 0 N–H and O–H groups in total. The molecule has 0 radical (unpaired) electrons. The molecule has 5 aromatic carbocycles. The maximum Gasteiger partial charge on any atom is 0.238 e. The van der Waals surface area contributed by atoms with Gasteiger partial charge < -0.3 is 4.74 Å². The number of para-hydroxylation sites is 2. The number of hydrogen-bond donors (Lipinski definition) is 0. The van der Waals surface area contributed by atoms with Crippen LogP contribution in [0.1, 0.15) is 25.0 Å². The highest BCUT2D eigenvalue weighted by molar-refractivity contribution is 6.11. The van der Waals surface area contributed by atoms with Crippen molar-refractivity contribution >= 4 is 32.7 Å². The van der Waals surface area contributed by atoms with Crippen LogP contribution in [-0.4, -0.2) is 14.5 Å². The number of benzene rings is 5. The predicted molar refractivity (Wildman–Crippen MR) is 157 cm³/mol. The molecule has 2 aliphatic rings. The minimum atomic E-state index is -0.0979. The second kappa shape index (κ2) is 7.12. The van der Waals surface area contributed by atoms with Crippen LogP contribution in [-0.2, 0) is 5.41 Å². The lowest BCUT2D eigenvalue weighted by Gasteiger charge is -2.22. The summed E-state index contributed by atoms with van der Waals surface area (Å²) in [6, 6.07) is 36.4. The van der Waals surface area contributed by atoms with E-state index in [1.54, 1.807) is 0 Å². The smallest absolute Gasteiger partial charge is 0.238 e. The highest BCUT2D eigenvalue weighted by atomic mass is 16.5. The topological polar surface area (TPSA) is 39.9 Å². The fourth-order valence-corrected chi connectivity index (χ4v) is 6.80. The van der Waals surface area contributed by atoms with Crippen LogP contribution in [0.5, 0.6) is 11.6 Å². The van der Waals surface area contributed by atoms with Gasteiger partial charge in [0, 0.05) is 27.3 Å². The van der Waals surface area contributed by atoms with Crippen molar-refractivity contribution in [2.24, 2.45) is 0 Å². The van der Waals surface area contributed by atoms with Crippen LogP contribution in [0.25, 0.3) is 60.9 Å².